The van der Waals surface area contributed by atoms with Gasteiger partial charge in [0.1, 0.15) is 5.82 Å². The summed E-state index contributed by atoms with van der Waals surface area (Å²) in [4.78, 5) is 18.0. The Morgan fingerprint density at radius 2 is 2.11 bits per heavy atom. The van der Waals surface area contributed by atoms with Crippen LogP contribution in [0.15, 0.2) is 18.2 Å². The minimum atomic E-state index is -0.0992. The molecule has 0 aliphatic carbocycles. The number of H-pyrrole nitrogens is 1. The van der Waals surface area contributed by atoms with E-state index in [0.717, 1.165) is 11.4 Å². The zero-order valence-electron chi connectivity index (χ0n) is 11.3. The van der Waals surface area contributed by atoms with Crippen LogP contribution in [0.4, 0.5) is 5.69 Å². The second-order valence-electron chi connectivity index (χ2n) is 4.63. The van der Waals surface area contributed by atoms with E-state index >= 15 is 0 Å². The molecule has 0 fully saturated rings. The molecule has 0 radical (unpaired) electrons. The fraction of sp³-hybridized carbons (Fsp3) is 0.308. The molecule has 1 heterocycles. The van der Waals surface area contributed by atoms with Gasteiger partial charge in [-0.1, -0.05) is 0 Å². The van der Waals surface area contributed by atoms with Gasteiger partial charge >= 0.3 is 0 Å². The molecule has 19 heavy (non-hydrogen) atoms. The molecular weight excluding hydrogens is 242 g/mol. The summed E-state index contributed by atoms with van der Waals surface area (Å²) >= 11 is 0. The van der Waals surface area contributed by atoms with Crippen LogP contribution in [0.25, 0.3) is 0 Å². The highest BCUT2D eigenvalue weighted by Crippen LogP contribution is 2.13. The van der Waals surface area contributed by atoms with Crippen LogP contribution in [0.1, 0.15) is 27.6 Å². The second kappa shape index (κ2) is 5.09. The van der Waals surface area contributed by atoms with Crippen LogP contribution in [0.3, 0.4) is 0 Å². The number of benzene rings is 1. The molecule has 2 aromatic rings. The summed E-state index contributed by atoms with van der Waals surface area (Å²) in [5.41, 5.74) is 7.88. The molecule has 1 aromatic heterocycles. The van der Waals surface area contributed by atoms with Crippen molar-refractivity contribution in [3.05, 3.63) is 41.0 Å². The normalized spacial score (nSPS) is 10.5. The minimum Gasteiger partial charge on any atom is -0.399 e. The highest BCUT2D eigenvalue weighted by atomic mass is 16.2. The third-order valence-corrected chi connectivity index (χ3v) is 2.72. The van der Waals surface area contributed by atoms with Crippen LogP contribution in [0.2, 0.25) is 0 Å². The quantitative estimate of drug-likeness (QED) is 0.813. The number of nitrogen functional groups attached to an aromatic ring is 1. The molecule has 2 rings (SSSR count). The highest BCUT2D eigenvalue weighted by molar-refractivity contribution is 5.95. The van der Waals surface area contributed by atoms with Gasteiger partial charge in [-0.15, -0.1) is 0 Å². The van der Waals surface area contributed by atoms with E-state index in [1.807, 2.05) is 26.0 Å². The number of nitrogens with one attached hydrogen (secondary N) is 1. The standard InChI is InChI=1S/C13H17N5O/c1-8-4-10(6-11(14)5-8)13(19)18(3)7-12-15-9(2)16-17-12/h4-6H,7,14H2,1-3H3,(H,15,16,17). The van der Waals surface area contributed by atoms with E-state index in [0.29, 0.717) is 23.6 Å². The third kappa shape index (κ3) is 3.09. The number of amides is 1. The van der Waals surface area contributed by atoms with Crippen LogP contribution in [0, 0.1) is 13.8 Å². The van der Waals surface area contributed by atoms with Gasteiger partial charge in [-0.05, 0) is 37.6 Å². The molecule has 0 atom stereocenters. The van der Waals surface area contributed by atoms with Crippen molar-refractivity contribution in [3.8, 4) is 0 Å². The molecule has 0 aliphatic heterocycles. The van der Waals surface area contributed by atoms with Crippen LogP contribution in [0.5, 0.6) is 0 Å². The van der Waals surface area contributed by atoms with Gasteiger partial charge in [0.05, 0.1) is 6.54 Å². The van der Waals surface area contributed by atoms with Crippen molar-refractivity contribution in [2.45, 2.75) is 20.4 Å². The smallest absolute Gasteiger partial charge is 0.254 e. The monoisotopic (exact) mass is 259 g/mol. The molecule has 0 bridgehead atoms. The van der Waals surface area contributed by atoms with Gasteiger partial charge in [0.2, 0.25) is 0 Å². The number of nitrogens with zero attached hydrogens (tertiary/aromatic N) is 3. The van der Waals surface area contributed by atoms with Gasteiger partial charge in [0.25, 0.3) is 5.91 Å². The van der Waals surface area contributed by atoms with E-state index in [9.17, 15) is 4.79 Å². The lowest BCUT2D eigenvalue weighted by Crippen LogP contribution is -2.26. The number of anilines is 1. The number of nitrogens with two attached hydrogens (primary N) is 1. The van der Waals surface area contributed by atoms with Crippen molar-refractivity contribution in [2.75, 3.05) is 12.8 Å². The molecule has 0 aliphatic rings. The maximum atomic E-state index is 12.3. The second-order valence-corrected chi connectivity index (χ2v) is 4.63. The third-order valence-electron chi connectivity index (χ3n) is 2.72. The lowest BCUT2D eigenvalue weighted by molar-refractivity contribution is 0.0781. The molecule has 3 N–H and O–H groups in total. The first-order valence-corrected chi connectivity index (χ1v) is 5.96. The van der Waals surface area contributed by atoms with Gasteiger partial charge in [0.15, 0.2) is 5.82 Å². The molecular formula is C13H17N5O. The maximum Gasteiger partial charge on any atom is 0.254 e. The Bertz CT molecular complexity index is 585. The lowest BCUT2D eigenvalue weighted by atomic mass is 10.1. The molecule has 1 amide bonds. The number of aryl methyl sites for hydroxylation is 2. The van der Waals surface area contributed by atoms with Gasteiger partial charge in [-0.25, -0.2) is 4.98 Å². The van der Waals surface area contributed by atoms with Crippen LogP contribution in [-0.4, -0.2) is 33.0 Å². The fourth-order valence-electron chi connectivity index (χ4n) is 1.90. The molecule has 0 spiro atoms. The summed E-state index contributed by atoms with van der Waals surface area (Å²) in [6.07, 6.45) is 0. The van der Waals surface area contributed by atoms with Gasteiger partial charge in [-0.2, -0.15) is 5.10 Å². The average Bonchev–Trinajstić information content (AvgIpc) is 2.72. The molecule has 100 valence electrons. The van der Waals surface area contributed by atoms with Crippen LogP contribution < -0.4 is 5.73 Å². The van der Waals surface area contributed by atoms with E-state index in [1.54, 1.807) is 18.0 Å². The number of rotatable bonds is 3. The Labute approximate surface area is 111 Å². The maximum absolute atomic E-state index is 12.3. The Morgan fingerprint density at radius 1 is 1.37 bits per heavy atom. The van der Waals surface area contributed by atoms with Crippen LogP contribution >= 0.6 is 0 Å². The Hall–Kier alpha value is -2.37. The molecule has 0 saturated carbocycles. The molecule has 1 aromatic carbocycles. The van der Waals surface area contributed by atoms with Crippen molar-refractivity contribution in [3.63, 3.8) is 0 Å². The van der Waals surface area contributed by atoms with Crippen molar-refractivity contribution in [2.24, 2.45) is 0 Å². The van der Waals surface area contributed by atoms with Gasteiger partial charge in [0, 0.05) is 18.3 Å². The predicted molar refractivity (Wildman–Crippen MR) is 72.5 cm³/mol. The first-order valence-electron chi connectivity index (χ1n) is 5.96. The molecule has 0 unspecified atom stereocenters. The van der Waals surface area contributed by atoms with Gasteiger partial charge in [-0.3, -0.25) is 9.89 Å². The fourth-order valence-corrected chi connectivity index (χ4v) is 1.90. The summed E-state index contributed by atoms with van der Waals surface area (Å²) in [5, 5.41) is 6.76. The largest absolute Gasteiger partial charge is 0.399 e. The van der Waals surface area contributed by atoms with Gasteiger partial charge < -0.3 is 10.6 Å². The Morgan fingerprint density at radius 3 is 2.68 bits per heavy atom. The topological polar surface area (TPSA) is 87.9 Å². The number of aromatic nitrogens is 3. The summed E-state index contributed by atoms with van der Waals surface area (Å²) in [5.74, 6) is 1.22. The molecule has 0 saturated heterocycles. The first-order chi connectivity index (χ1) is 8.95. The lowest BCUT2D eigenvalue weighted by Gasteiger charge is -2.16. The van der Waals surface area contributed by atoms with E-state index < -0.39 is 0 Å². The zero-order chi connectivity index (χ0) is 14.0. The van der Waals surface area contributed by atoms with E-state index in [1.165, 1.54) is 0 Å². The summed E-state index contributed by atoms with van der Waals surface area (Å²) in [6.45, 7) is 4.09. The molecule has 6 heteroatoms. The number of carbonyl (C=O) groups excluding carboxylic acids is 1. The van der Waals surface area contributed by atoms with Crippen molar-refractivity contribution < 1.29 is 4.79 Å². The Balaban J connectivity index is 2.14. The first kappa shape index (κ1) is 13.1. The highest BCUT2D eigenvalue weighted by Gasteiger charge is 2.14. The number of hydrogen-bond donors (Lipinski definition) is 2. The average molecular weight is 259 g/mol. The zero-order valence-corrected chi connectivity index (χ0v) is 11.3. The Kier molecular flexibility index (Phi) is 3.50. The number of carbonyl (C=O) groups is 1. The summed E-state index contributed by atoms with van der Waals surface area (Å²) in [6, 6.07) is 5.32. The number of aromatic amines is 1. The number of hydrogen-bond acceptors (Lipinski definition) is 4. The summed E-state index contributed by atoms with van der Waals surface area (Å²) in [7, 11) is 1.71. The molecule has 6 nitrogen and oxygen atoms in total. The van der Waals surface area contributed by atoms with Crippen molar-refractivity contribution in [1.82, 2.24) is 20.1 Å². The van der Waals surface area contributed by atoms with E-state index in [-0.39, 0.29) is 5.91 Å². The SMILES string of the molecule is Cc1cc(N)cc(C(=O)N(C)Cc2n[nH]c(C)n2)c1. The van der Waals surface area contributed by atoms with Crippen molar-refractivity contribution in [1.29, 1.82) is 0 Å². The van der Waals surface area contributed by atoms with Crippen molar-refractivity contribution >= 4 is 11.6 Å². The van der Waals surface area contributed by atoms with E-state index in [4.69, 9.17) is 5.73 Å². The van der Waals surface area contributed by atoms with Crippen LogP contribution in [-0.2, 0) is 6.54 Å². The minimum absolute atomic E-state index is 0.0992. The van der Waals surface area contributed by atoms with E-state index in [2.05, 4.69) is 15.2 Å². The summed E-state index contributed by atoms with van der Waals surface area (Å²) < 4.78 is 0. The predicted octanol–water partition coefficient (Wildman–Crippen LogP) is 1.28.